The Morgan fingerprint density at radius 1 is 1.25 bits per heavy atom. The van der Waals surface area contributed by atoms with Gasteiger partial charge < -0.3 is 10.5 Å². The average molecular weight is 269 g/mol. The van der Waals surface area contributed by atoms with Crippen molar-refractivity contribution < 1.29 is 9.66 Å². The number of nitrogen functional groups attached to an aromatic ring is 1. The number of anilines is 1. The molecule has 0 radical (unpaired) electrons. The Morgan fingerprint density at radius 3 is 2.55 bits per heavy atom. The van der Waals surface area contributed by atoms with Gasteiger partial charge in [0.25, 0.3) is 5.69 Å². The van der Waals surface area contributed by atoms with Gasteiger partial charge in [0.15, 0.2) is 0 Å². The summed E-state index contributed by atoms with van der Waals surface area (Å²) >= 11 is 0. The fourth-order valence-corrected chi connectivity index (χ4v) is 1.71. The maximum atomic E-state index is 10.7. The van der Waals surface area contributed by atoms with E-state index in [-0.39, 0.29) is 17.0 Å². The second-order valence-electron chi connectivity index (χ2n) is 4.18. The van der Waals surface area contributed by atoms with E-state index in [1.54, 1.807) is 18.2 Å². The van der Waals surface area contributed by atoms with Crippen molar-refractivity contribution in [3.8, 4) is 17.6 Å². The number of rotatable bonds is 3. The normalized spacial score (nSPS) is 9.80. The van der Waals surface area contributed by atoms with Gasteiger partial charge >= 0.3 is 0 Å². The third-order valence-electron chi connectivity index (χ3n) is 2.71. The Morgan fingerprint density at radius 2 is 1.95 bits per heavy atom. The first-order valence-corrected chi connectivity index (χ1v) is 5.74. The van der Waals surface area contributed by atoms with E-state index in [1.807, 2.05) is 13.0 Å². The molecule has 0 bridgehead atoms. The smallest absolute Gasteiger partial charge is 0.271 e. The quantitative estimate of drug-likeness (QED) is 0.523. The van der Waals surface area contributed by atoms with Crippen LogP contribution in [0.5, 0.6) is 11.5 Å². The molecule has 2 aromatic rings. The number of hydrogen-bond donors (Lipinski definition) is 1. The minimum atomic E-state index is -0.556. The molecule has 2 N–H and O–H groups in total. The van der Waals surface area contributed by atoms with E-state index < -0.39 is 4.92 Å². The number of ether oxygens (including phenoxy) is 1. The number of benzene rings is 2. The summed E-state index contributed by atoms with van der Waals surface area (Å²) in [6.45, 7) is 1.82. The van der Waals surface area contributed by atoms with E-state index in [0.717, 1.165) is 5.56 Å². The summed E-state index contributed by atoms with van der Waals surface area (Å²) in [5, 5.41) is 19.7. The summed E-state index contributed by atoms with van der Waals surface area (Å²) in [5.41, 5.74) is 7.03. The highest BCUT2D eigenvalue weighted by molar-refractivity contribution is 5.53. The fourth-order valence-electron chi connectivity index (χ4n) is 1.71. The molecular weight excluding hydrogens is 258 g/mol. The van der Waals surface area contributed by atoms with Gasteiger partial charge in [-0.25, -0.2) is 0 Å². The third kappa shape index (κ3) is 2.67. The number of nitro benzene ring substituents is 1. The summed E-state index contributed by atoms with van der Waals surface area (Å²) in [6.07, 6.45) is 0. The highest BCUT2D eigenvalue weighted by Crippen LogP contribution is 2.30. The van der Waals surface area contributed by atoms with Gasteiger partial charge in [-0.15, -0.1) is 0 Å². The lowest BCUT2D eigenvalue weighted by molar-refractivity contribution is -0.384. The molecule has 0 aliphatic rings. The molecule has 2 aromatic carbocycles. The molecule has 0 aliphatic heterocycles. The van der Waals surface area contributed by atoms with Crippen molar-refractivity contribution in [2.45, 2.75) is 6.92 Å². The molecule has 0 atom stereocenters. The Bertz CT molecular complexity index is 720. The van der Waals surface area contributed by atoms with Crippen LogP contribution in [-0.4, -0.2) is 4.92 Å². The molecule has 0 fully saturated rings. The number of nitrogens with zero attached hydrogens (tertiary/aromatic N) is 2. The summed E-state index contributed by atoms with van der Waals surface area (Å²) in [6, 6.07) is 10.9. The number of aryl methyl sites for hydroxylation is 1. The highest BCUT2D eigenvalue weighted by atomic mass is 16.6. The minimum Gasteiger partial charge on any atom is -0.456 e. The molecule has 0 saturated heterocycles. The van der Waals surface area contributed by atoms with Crippen LogP contribution in [0.2, 0.25) is 0 Å². The molecule has 100 valence electrons. The van der Waals surface area contributed by atoms with Crippen LogP contribution in [0.4, 0.5) is 11.4 Å². The minimum absolute atomic E-state index is 0.107. The highest BCUT2D eigenvalue weighted by Gasteiger charge is 2.13. The molecule has 0 saturated carbocycles. The van der Waals surface area contributed by atoms with Crippen LogP contribution in [0.25, 0.3) is 0 Å². The number of hydrogen-bond acceptors (Lipinski definition) is 5. The molecule has 0 aromatic heterocycles. The fraction of sp³-hybridized carbons (Fsp3) is 0.0714. The SMILES string of the molecule is Cc1cc(N)ccc1Oc1ccc([N+](=O)[O-])cc1C#N. The number of nitrogens with two attached hydrogens (primary N) is 1. The lowest BCUT2D eigenvalue weighted by Gasteiger charge is -2.10. The van der Waals surface area contributed by atoms with E-state index in [1.165, 1.54) is 18.2 Å². The van der Waals surface area contributed by atoms with Crippen LogP contribution in [-0.2, 0) is 0 Å². The Labute approximate surface area is 115 Å². The van der Waals surface area contributed by atoms with Gasteiger partial charge in [0.05, 0.1) is 4.92 Å². The van der Waals surface area contributed by atoms with E-state index >= 15 is 0 Å². The summed E-state index contributed by atoms with van der Waals surface area (Å²) in [7, 11) is 0. The standard InChI is InChI=1S/C14H11N3O3/c1-9-6-11(16)2-4-13(9)20-14-5-3-12(17(18)19)7-10(14)8-15/h2-7H,16H2,1H3. The van der Waals surface area contributed by atoms with Gasteiger partial charge in [0, 0.05) is 17.8 Å². The molecule has 6 heteroatoms. The molecule has 0 unspecified atom stereocenters. The molecule has 0 aliphatic carbocycles. The predicted octanol–water partition coefficient (Wildman–Crippen LogP) is 3.15. The van der Waals surface area contributed by atoms with Crippen LogP contribution >= 0.6 is 0 Å². The first kappa shape index (κ1) is 13.4. The van der Waals surface area contributed by atoms with Crippen molar-refractivity contribution >= 4 is 11.4 Å². The van der Waals surface area contributed by atoms with E-state index in [2.05, 4.69) is 0 Å². The van der Waals surface area contributed by atoms with Crippen molar-refractivity contribution in [2.75, 3.05) is 5.73 Å². The zero-order valence-electron chi connectivity index (χ0n) is 10.7. The molecule has 0 amide bonds. The second-order valence-corrected chi connectivity index (χ2v) is 4.18. The lowest BCUT2D eigenvalue weighted by Crippen LogP contribution is -1.94. The van der Waals surface area contributed by atoms with Gasteiger partial charge in [-0.2, -0.15) is 5.26 Å². The maximum Gasteiger partial charge on any atom is 0.271 e. The van der Waals surface area contributed by atoms with Gasteiger partial charge in [0.1, 0.15) is 23.1 Å². The van der Waals surface area contributed by atoms with Gasteiger partial charge in [-0.05, 0) is 36.8 Å². The number of nitro groups is 1. The van der Waals surface area contributed by atoms with Gasteiger partial charge in [-0.1, -0.05) is 0 Å². The Kier molecular flexibility index (Phi) is 3.53. The van der Waals surface area contributed by atoms with Gasteiger partial charge in [0.2, 0.25) is 0 Å². The van der Waals surface area contributed by atoms with Crippen molar-refractivity contribution in [2.24, 2.45) is 0 Å². The largest absolute Gasteiger partial charge is 0.456 e. The van der Waals surface area contributed by atoms with Crippen LogP contribution in [0.1, 0.15) is 11.1 Å². The van der Waals surface area contributed by atoms with E-state index in [9.17, 15) is 10.1 Å². The summed E-state index contributed by atoms with van der Waals surface area (Å²) in [4.78, 5) is 10.1. The topological polar surface area (TPSA) is 102 Å². The lowest BCUT2D eigenvalue weighted by atomic mass is 10.1. The maximum absolute atomic E-state index is 10.7. The molecule has 0 spiro atoms. The number of non-ortho nitro benzene ring substituents is 1. The monoisotopic (exact) mass is 269 g/mol. The zero-order valence-corrected chi connectivity index (χ0v) is 10.7. The molecular formula is C14H11N3O3. The van der Waals surface area contributed by atoms with Crippen molar-refractivity contribution in [3.05, 3.63) is 57.6 Å². The molecule has 0 heterocycles. The van der Waals surface area contributed by atoms with Crippen LogP contribution in [0.3, 0.4) is 0 Å². The van der Waals surface area contributed by atoms with Crippen LogP contribution in [0.15, 0.2) is 36.4 Å². The molecule has 20 heavy (non-hydrogen) atoms. The van der Waals surface area contributed by atoms with Crippen molar-refractivity contribution in [3.63, 3.8) is 0 Å². The molecule has 2 rings (SSSR count). The summed E-state index contributed by atoms with van der Waals surface area (Å²) < 4.78 is 5.62. The third-order valence-corrected chi connectivity index (χ3v) is 2.71. The van der Waals surface area contributed by atoms with Crippen LogP contribution < -0.4 is 10.5 Å². The Balaban J connectivity index is 2.39. The van der Waals surface area contributed by atoms with Crippen molar-refractivity contribution in [1.29, 1.82) is 5.26 Å². The second kappa shape index (κ2) is 5.28. The van der Waals surface area contributed by atoms with E-state index in [0.29, 0.717) is 11.4 Å². The number of nitriles is 1. The van der Waals surface area contributed by atoms with E-state index in [4.69, 9.17) is 15.7 Å². The zero-order chi connectivity index (χ0) is 14.7. The van der Waals surface area contributed by atoms with Crippen LogP contribution in [0, 0.1) is 28.4 Å². The first-order valence-electron chi connectivity index (χ1n) is 5.74. The first-order chi connectivity index (χ1) is 9.51. The van der Waals surface area contributed by atoms with Gasteiger partial charge in [-0.3, -0.25) is 10.1 Å². The summed E-state index contributed by atoms with van der Waals surface area (Å²) in [5.74, 6) is 0.815. The Hall–Kier alpha value is -3.07. The van der Waals surface area contributed by atoms with Crippen molar-refractivity contribution in [1.82, 2.24) is 0 Å². The predicted molar refractivity (Wildman–Crippen MR) is 73.5 cm³/mol. The average Bonchev–Trinajstić information content (AvgIpc) is 2.42. The molecule has 6 nitrogen and oxygen atoms in total.